The highest BCUT2D eigenvalue weighted by atomic mass is 16.5. The SMILES string of the molecule is Cc1cc(OC2CCN(C(=O)NCc3cn(C)nc3-c3ccccc3)C2)ccn1. The smallest absolute Gasteiger partial charge is 0.317 e. The molecule has 7 heteroatoms. The minimum absolute atomic E-state index is 0.000761. The van der Waals surface area contributed by atoms with E-state index in [1.165, 1.54) is 0 Å². The summed E-state index contributed by atoms with van der Waals surface area (Å²) in [7, 11) is 1.89. The van der Waals surface area contributed by atoms with E-state index in [1.54, 1.807) is 15.8 Å². The van der Waals surface area contributed by atoms with Gasteiger partial charge in [-0.2, -0.15) is 5.10 Å². The van der Waals surface area contributed by atoms with Crippen LogP contribution in [0.1, 0.15) is 17.7 Å². The fraction of sp³-hybridized carbons (Fsp3) is 0.318. The molecule has 1 unspecified atom stereocenters. The number of carbonyl (C=O) groups is 1. The van der Waals surface area contributed by atoms with Crippen molar-refractivity contribution in [1.29, 1.82) is 0 Å². The van der Waals surface area contributed by atoms with Crippen LogP contribution in [0.15, 0.2) is 54.9 Å². The number of nitrogens with one attached hydrogen (secondary N) is 1. The number of aromatic nitrogens is 3. The summed E-state index contributed by atoms with van der Waals surface area (Å²) in [5.41, 5.74) is 3.84. The predicted molar refractivity (Wildman–Crippen MR) is 110 cm³/mol. The van der Waals surface area contributed by atoms with Crippen molar-refractivity contribution < 1.29 is 9.53 Å². The molecule has 1 aliphatic rings. The lowest BCUT2D eigenvalue weighted by Gasteiger charge is -2.18. The predicted octanol–water partition coefficient (Wildman–Crippen LogP) is 3.15. The number of aryl methyl sites for hydroxylation is 2. The van der Waals surface area contributed by atoms with Crippen molar-refractivity contribution in [2.75, 3.05) is 13.1 Å². The molecule has 0 aliphatic carbocycles. The van der Waals surface area contributed by atoms with Crippen LogP contribution in [0.5, 0.6) is 5.75 Å². The molecule has 0 radical (unpaired) electrons. The van der Waals surface area contributed by atoms with Crippen LogP contribution >= 0.6 is 0 Å². The van der Waals surface area contributed by atoms with Crippen LogP contribution in [0, 0.1) is 6.92 Å². The first kappa shape index (κ1) is 19.0. The lowest BCUT2D eigenvalue weighted by atomic mass is 10.1. The standard InChI is InChI=1S/C22H25N5O2/c1-16-12-19(8-10-23-16)29-20-9-11-27(15-20)22(28)24-13-18-14-26(2)25-21(18)17-6-4-3-5-7-17/h3-8,10,12,14,20H,9,11,13,15H2,1-2H3,(H,24,28). The van der Waals surface area contributed by atoms with Gasteiger partial charge in [0.2, 0.25) is 0 Å². The summed E-state index contributed by atoms with van der Waals surface area (Å²) < 4.78 is 7.78. The van der Waals surface area contributed by atoms with Gasteiger partial charge in [-0.05, 0) is 13.0 Å². The number of pyridine rings is 1. The number of hydrogen-bond donors (Lipinski definition) is 1. The molecule has 150 valence electrons. The van der Waals surface area contributed by atoms with Gasteiger partial charge in [0.15, 0.2) is 0 Å². The number of hydrogen-bond acceptors (Lipinski definition) is 4. The number of ether oxygens (including phenoxy) is 1. The average Bonchev–Trinajstić information content (AvgIpc) is 3.33. The zero-order chi connectivity index (χ0) is 20.2. The maximum Gasteiger partial charge on any atom is 0.317 e. The van der Waals surface area contributed by atoms with Gasteiger partial charge in [-0.1, -0.05) is 30.3 Å². The molecule has 2 amide bonds. The molecule has 3 aromatic rings. The third-order valence-electron chi connectivity index (χ3n) is 4.98. The van der Waals surface area contributed by atoms with Gasteiger partial charge in [-0.25, -0.2) is 4.79 Å². The van der Waals surface area contributed by atoms with Crippen LogP contribution < -0.4 is 10.1 Å². The summed E-state index contributed by atoms with van der Waals surface area (Å²) in [5.74, 6) is 0.799. The zero-order valence-corrected chi connectivity index (χ0v) is 16.7. The second kappa shape index (κ2) is 8.34. The van der Waals surface area contributed by atoms with Gasteiger partial charge in [0.05, 0.1) is 12.2 Å². The van der Waals surface area contributed by atoms with E-state index in [1.807, 2.05) is 62.6 Å². The quantitative estimate of drug-likeness (QED) is 0.725. The molecule has 0 spiro atoms. The van der Waals surface area contributed by atoms with E-state index < -0.39 is 0 Å². The Kier molecular flexibility index (Phi) is 5.46. The number of nitrogens with zero attached hydrogens (tertiary/aromatic N) is 4. The van der Waals surface area contributed by atoms with Crippen molar-refractivity contribution in [1.82, 2.24) is 25.0 Å². The molecule has 1 atom stereocenters. The lowest BCUT2D eigenvalue weighted by Crippen LogP contribution is -2.39. The average molecular weight is 391 g/mol. The van der Waals surface area contributed by atoms with E-state index in [9.17, 15) is 4.79 Å². The Morgan fingerprint density at radius 3 is 2.90 bits per heavy atom. The first-order valence-corrected chi connectivity index (χ1v) is 9.78. The van der Waals surface area contributed by atoms with Gasteiger partial charge in [-0.3, -0.25) is 9.67 Å². The highest BCUT2D eigenvalue weighted by Crippen LogP contribution is 2.22. The highest BCUT2D eigenvalue weighted by Gasteiger charge is 2.27. The molecule has 29 heavy (non-hydrogen) atoms. The first-order chi connectivity index (χ1) is 14.1. The van der Waals surface area contributed by atoms with Crippen molar-refractivity contribution in [3.63, 3.8) is 0 Å². The van der Waals surface area contributed by atoms with Crippen LogP contribution in [0.25, 0.3) is 11.3 Å². The second-order valence-electron chi connectivity index (χ2n) is 7.31. The van der Waals surface area contributed by atoms with Gasteiger partial charge < -0.3 is 15.0 Å². The Balaban J connectivity index is 1.34. The number of benzene rings is 1. The molecule has 7 nitrogen and oxygen atoms in total. The van der Waals surface area contributed by atoms with Crippen molar-refractivity contribution in [3.8, 4) is 17.0 Å². The molecule has 1 N–H and O–H groups in total. The van der Waals surface area contributed by atoms with E-state index in [2.05, 4.69) is 15.4 Å². The van der Waals surface area contributed by atoms with Gasteiger partial charge in [0.1, 0.15) is 11.9 Å². The normalized spacial score (nSPS) is 16.1. The number of likely N-dealkylation sites (tertiary alicyclic amines) is 1. The summed E-state index contributed by atoms with van der Waals surface area (Å²) >= 11 is 0. The van der Waals surface area contributed by atoms with Crippen LogP contribution in [0.2, 0.25) is 0 Å². The Morgan fingerprint density at radius 2 is 2.10 bits per heavy atom. The second-order valence-corrected chi connectivity index (χ2v) is 7.31. The van der Waals surface area contributed by atoms with Gasteiger partial charge in [-0.15, -0.1) is 0 Å². The summed E-state index contributed by atoms with van der Waals surface area (Å²) in [5, 5.41) is 7.57. The number of carbonyl (C=O) groups excluding carboxylic acids is 1. The maximum absolute atomic E-state index is 12.6. The van der Waals surface area contributed by atoms with Crippen molar-refractivity contribution in [2.45, 2.75) is 26.0 Å². The Labute approximate surface area is 170 Å². The third kappa shape index (κ3) is 4.56. The Morgan fingerprint density at radius 1 is 1.28 bits per heavy atom. The number of urea groups is 1. The number of rotatable bonds is 5. The van der Waals surface area contributed by atoms with Crippen molar-refractivity contribution >= 4 is 6.03 Å². The summed E-state index contributed by atoms with van der Waals surface area (Å²) in [4.78, 5) is 18.6. The Hall–Kier alpha value is -3.35. The molecule has 0 saturated carbocycles. The monoisotopic (exact) mass is 391 g/mol. The van der Waals surface area contributed by atoms with Crippen LogP contribution in [-0.2, 0) is 13.6 Å². The summed E-state index contributed by atoms with van der Waals surface area (Å²) in [6.07, 6.45) is 4.50. The van der Waals surface area contributed by atoms with Crippen molar-refractivity contribution in [3.05, 3.63) is 66.1 Å². The third-order valence-corrected chi connectivity index (χ3v) is 4.98. The number of amides is 2. The fourth-order valence-corrected chi connectivity index (χ4v) is 3.58. The minimum atomic E-state index is -0.0788. The van der Waals surface area contributed by atoms with Gasteiger partial charge >= 0.3 is 6.03 Å². The summed E-state index contributed by atoms with van der Waals surface area (Å²) in [6.45, 7) is 3.62. The minimum Gasteiger partial charge on any atom is -0.488 e. The molecule has 4 rings (SSSR count). The highest BCUT2D eigenvalue weighted by molar-refractivity contribution is 5.75. The maximum atomic E-state index is 12.6. The van der Waals surface area contributed by atoms with Crippen LogP contribution in [0.3, 0.4) is 0 Å². The van der Waals surface area contributed by atoms with Gasteiger partial charge in [0, 0.05) is 61.8 Å². The van der Waals surface area contributed by atoms with E-state index in [0.29, 0.717) is 19.6 Å². The fourth-order valence-electron chi connectivity index (χ4n) is 3.58. The largest absolute Gasteiger partial charge is 0.488 e. The molecule has 1 saturated heterocycles. The Bertz CT molecular complexity index is 986. The first-order valence-electron chi connectivity index (χ1n) is 9.78. The van der Waals surface area contributed by atoms with E-state index in [-0.39, 0.29) is 12.1 Å². The van der Waals surface area contributed by atoms with Crippen LogP contribution in [0.4, 0.5) is 4.79 Å². The molecular formula is C22H25N5O2. The molecule has 0 bridgehead atoms. The van der Waals surface area contributed by atoms with E-state index in [0.717, 1.165) is 34.7 Å². The zero-order valence-electron chi connectivity index (χ0n) is 16.7. The molecular weight excluding hydrogens is 366 g/mol. The topological polar surface area (TPSA) is 72.3 Å². The lowest BCUT2D eigenvalue weighted by molar-refractivity contribution is 0.186. The molecule has 1 aromatic carbocycles. The van der Waals surface area contributed by atoms with Gasteiger partial charge in [0.25, 0.3) is 0 Å². The van der Waals surface area contributed by atoms with Crippen molar-refractivity contribution in [2.24, 2.45) is 7.05 Å². The molecule has 1 fully saturated rings. The molecule has 2 aromatic heterocycles. The van der Waals surface area contributed by atoms with E-state index in [4.69, 9.17) is 4.74 Å². The molecule has 1 aliphatic heterocycles. The summed E-state index contributed by atoms with van der Waals surface area (Å²) in [6, 6.07) is 13.7. The van der Waals surface area contributed by atoms with Crippen LogP contribution in [-0.4, -0.2) is 44.9 Å². The molecule has 3 heterocycles. The van der Waals surface area contributed by atoms with E-state index >= 15 is 0 Å².